The van der Waals surface area contributed by atoms with E-state index in [1.807, 2.05) is 0 Å². The lowest BCUT2D eigenvalue weighted by atomic mass is 10.2. The summed E-state index contributed by atoms with van der Waals surface area (Å²) in [5, 5.41) is 11.3. The minimum Gasteiger partial charge on any atom is -0.365 e. The Labute approximate surface area is 117 Å². The van der Waals surface area contributed by atoms with Crippen LogP contribution in [-0.2, 0) is 9.84 Å². The molecule has 1 aromatic carbocycles. The highest BCUT2D eigenvalue weighted by atomic mass is 35.5. The smallest absolute Gasteiger partial charge is 0.294 e. The molecule has 0 heterocycles. The summed E-state index contributed by atoms with van der Waals surface area (Å²) in [5.41, 5.74) is 0.195. The van der Waals surface area contributed by atoms with Crippen molar-refractivity contribution < 1.29 is 13.3 Å². The summed E-state index contributed by atoms with van der Waals surface area (Å²) in [6.07, 6.45) is 1.13. The Morgan fingerprint density at radius 2 is 2.05 bits per heavy atom. The van der Waals surface area contributed by atoms with E-state index in [1.165, 1.54) is 18.2 Å². The number of nitrogens with zero attached hydrogens (tertiary/aromatic N) is 2. The first-order valence-electron chi connectivity index (χ1n) is 5.46. The van der Waals surface area contributed by atoms with Gasteiger partial charge in [-0.05, 0) is 19.1 Å². The number of hydrogen-bond acceptors (Lipinski definition) is 5. The molecular formula is C11H15ClN2O4S. The summed E-state index contributed by atoms with van der Waals surface area (Å²) >= 11 is 5.73. The summed E-state index contributed by atoms with van der Waals surface area (Å²) in [5.74, 6) is -0.0801. The number of halogens is 1. The molecule has 0 spiro atoms. The maximum Gasteiger partial charge on any atom is 0.294 e. The van der Waals surface area contributed by atoms with Crippen LogP contribution in [0.1, 0.15) is 6.92 Å². The van der Waals surface area contributed by atoms with Crippen molar-refractivity contribution in [2.75, 3.05) is 24.0 Å². The molecule has 0 aliphatic heterocycles. The van der Waals surface area contributed by atoms with Gasteiger partial charge < -0.3 is 4.90 Å². The number of sulfone groups is 1. The van der Waals surface area contributed by atoms with Crippen molar-refractivity contribution in [2.24, 2.45) is 0 Å². The monoisotopic (exact) mass is 306 g/mol. The maximum absolute atomic E-state index is 11.3. The second kappa shape index (κ2) is 5.75. The SMILES string of the molecule is CC(CS(C)(=O)=O)N(C)c1ccc(Cl)cc1[N+](=O)[O-]. The topological polar surface area (TPSA) is 80.5 Å². The Kier molecular flexibility index (Phi) is 4.75. The Bertz CT molecular complexity index is 588. The minimum atomic E-state index is -3.16. The third kappa shape index (κ3) is 4.36. The van der Waals surface area contributed by atoms with Gasteiger partial charge in [-0.3, -0.25) is 10.1 Å². The van der Waals surface area contributed by atoms with Crippen molar-refractivity contribution in [3.05, 3.63) is 33.3 Å². The fraction of sp³-hybridized carbons (Fsp3) is 0.455. The van der Waals surface area contributed by atoms with E-state index in [-0.39, 0.29) is 22.5 Å². The van der Waals surface area contributed by atoms with E-state index in [4.69, 9.17) is 11.6 Å². The van der Waals surface area contributed by atoms with Crippen LogP contribution < -0.4 is 4.90 Å². The highest BCUT2D eigenvalue weighted by Crippen LogP contribution is 2.31. The molecule has 1 unspecified atom stereocenters. The van der Waals surface area contributed by atoms with E-state index >= 15 is 0 Å². The normalized spacial score (nSPS) is 13.1. The first-order chi connectivity index (χ1) is 8.61. The quantitative estimate of drug-likeness (QED) is 0.615. The van der Waals surface area contributed by atoms with Gasteiger partial charge in [0.05, 0.1) is 10.7 Å². The van der Waals surface area contributed by atoms with Crippen LogP contribution in [0.5, 0.6) is 0 Å². The molecule has 0 amide bonds. The third-order valence-electron chi connectivity index (χ3n) is 2.72. The number of nitro benzene ring substituents is 1. The summed E-state index contributed by atoms with van der Waals surface area (Å²) in [7, 11) is -1.54. The van der Waals surface area contributed by atoms with Gasteiger partial charge in [-0.1, -0.05) is 11.6 Å². The molecule has 0 N–H and O–H groups in total. The van der Waals surface area contributed by atoms with Crippen LogP contribution in [0.25, 0.3) is 0 Å². The summed E-state index contributed by atoms with van der Waals surface area (Å²) in [4.78, 5) is 12.0. The van der Waals surface area contributed by atoms with Crippen LogP contribution in [0.4, 0.5) is 11.4 Å². The molecule has 0 saturated heterocycles. The molecule has 19 heavy (non-hydrogen) atoms. The molecule has 0 fully saturated rings. The molecule has 0 bridgehead atoms. The van der Waals surface area contributed by atoms with Gasteiger partial charge in [0, 0.05) is 30.4 Å². The van der Waals surface area contributed by atoms with Crippen molar-refractivity contribution in [1.82, 2.24) is 0 Å². The van der Waals surface area contributed by atoms with Crippen LogP contribution in [0.2, 0.25) is 5.02 Å². The third-order valence-corrected chi connectivity index (χ3v) is 4.04. The van der Waals surface area contributed by atoms with Crippen LogP contribution >= 0.6 is 11.6 Å². The number of hydrogen-bond donors (Lipinski definition) is 0. The first kappa shape index (κ1) is 15.7. The lowest BCUT2D eigenvalue weighted by Crippen LogP contribution is -2.35. The zero-order valence-electron chi connectivity index (χ0n) is 10.8. The zero-order valence-corrected chi connectivity index (χ0v) is 12.4. The lowest BCUT2D eigenvalue weighted by molar-refractivity contribution is -0.384. The van der Waals surface area contributed by atoms with Crippen LogP contribution in [0.15, 0.2) is 18.2 Å². The Morgan fingerprint density at radius 3 is 2.53 bits per heavy atom. The van der Waals surface area contributed by atoms with Crippen molar-refractivity contribution >= 4 is 32.8 Å². The number of nitro groups is 1. The van der Waals surface area contributed by atoms with Crippen LogP contribution in [0.3, 0.4) is 0 Å². The molecule has 8 heteroatoms. The molecule has 106 valence electrons. The molecular weight excluding hydrogens is 292 g/mol. The predicted octanol–water partition coefficient (Wildman–Crippen LogP) is 2.12. The van der Waals surface area contributed by atoms with Crippen molar-refractivity contribution in [2.45, 2.75) is 13.0 Å². The van der Waals surface area contributed by atoms with Gasteiger partial charge in [0.25, 0.3) is 5.69 Å². The summed E-state index contributed by atoms with van der Waals surface area (Å²) in [6, 6.07) is 3.92. The standard InChI is InChI=1S/C11H15ClN2O4S/c1-8(7-19(3,17)18)13(2)10-5-4-9(12)6-11(10)14(15)16/h4-6,8H,7H2,1-3H3. The first-order valence-corrected chi connectivity index (χ1v) is 7.90. The molecule has 1 aromatic rings. The fourth-order valence-electron chi connectivity index (χ4n) is 1.73. The van der Waals surface area contributed by atoms with E-state index in [0.29, 0.717) is 5.69 Å². The molecule has 1 atom stereocenters. The largest absolute Gasteiger partial charge is 0.365 e. The molecule has 1 rings (SSSR count). The summed E-state index contributed by atoms with van der Waals surface area (Å²) in [6.45, 7) is 1.69. The van der Waals surface area contributed by atoms with E-state index in [1.54, 1.807) is 18.9 Å². The van der Waals surface area contributed by atoms with Gasteiger partial charge in [0.15, 0.2) is 0 Å². The molecule has 0 saturated carbocycles. The molecule has 0 aromatic heterocycles. The van der Waals surface area contributed by atoms with E-state index < -0.39 is 14.8 Å². The summed E-state index contributed by atoms with van der Waals surface area (Å²) < 4.78 is 22.5. The Hall–Kier alpha value is -1.34. The van der Waals surface area contributed by atoms with E-state index in [0.717, 1.165) is 6.26 Å². The lowest BCUT2D eigenvalue weighted by Gasteiger charge is -2.26. The average molecular weight is 307 g/mol. The van der Waals surface area contributed by atoms with Gasteiger partial charge in [-0.15, -0.1) is 0 Å². The van der Waals surface area contributed by atoms with Gasteiger partial charge in [-0.2, -0.15) is 0 Å². The van der Waals surface area contributed by atoms with Crippen molar-refractivity contribution in [3.63, 3.8) is 0 Å². The molecule has 0 aliphatic carbocycles. The molecule has 0 radical (unpaired) electrons. The Balaban J connectivity index is 3.12. The van der Waals surface area contributed by atoms with Gasteiger partial charge >= 0.3 is 0 Å². The van der Waals surface area contributed by atoms with Crippen LogP contribution in [0, 0.1) is 10.1 Å². The average Bonchev–Trinajstić information content (AvgIpc) is 2.25. The second-order valence-corrected chi connectivity index (χ2v) is 7.06. The zero-order chi connectivity index (χ0) is 14.8. The number of rotatable bonds is 5. The van der Waals surface area contributed by atoms with Gasteiger partial charge in [-0.25, -0.2) is 8.42 Å². The fourth-order valence-corrected chi connectivity index (χ4v) is 2.99. The molecule has 0 aliphatic rings. The molecule has 6 nitrogen and oxygen atoms in total. The van der Waals surface area contributed by atoms with Crippen molar-refractivity contribution in [1.29, 1.82) is 0 Å². The number of anilines is 1. The van der Waals surface area contributed by atoms with Crippen LogP contribution in [-0.4, -0.2) is 38.4 Å². The van der Waals surface area contributed by atoms with Crippen molar-refractivity contribution in [3.8, 4) is 0 Å². The van der Waals surface area contributed by atoms with E-state index in [9.17, 15) is 18.5 Å². The van der Waals surface area contributed by atoms with Gasteiger partial charge in [0.1, 0.15) is 15.5 Å². The Morgan fingerprint density at radius 1 is 1.47 bits per heavy atom. The van der Waals surface area contributed by atoms with Gasteiger partial charge in [0.2, 0.25) is 0 Å². The van der Waals surface area contributed by atoms with E-state index in [2.05, 4.69) is 0 Å². The highest BCUT2D eigenvalue weighted by molar-refractivity contribution is 7.90. The highest BCUT2D eigenvalue weighted by Gasteiger charge is 2.22. The minimum absolute atomic E-state index is 0.0801. The number of benzene rings is 1. The predicted molar refractivity (Wildman–Crippen MR) is 75.7 cm³/mol. The second-order valence-electron chi connectivity index (χ2n) is 4.44. The maximum atomic E-state index is 11.3.